The van der Waals surface area contributed by atoms with E-state index < -0.39 is 0 Å². The Kier molecular flexibility index (Phi) is 6.05. The number of allylic oxidation sites excluding steroid dienone is 1. The van der Waals surface area contributed by atoms with Gasteiger partial charge in [0.2, 0.25) is 17.6 Å². The van der Waals surface area contributed by atoms with Crippen LogP contribution in [0.5, 0.6) is 0 Å². The molecule has 2 heterocycles. The molecule has 6 heteroatoms. The molecule has 6 nitrogen and oxygen atoms in total. The van der Waals surface area contributed by atoms with Crippen LogP contribution in [0.4, 0.5) is 0 Å². The van der Waals surface area contributed by atoms with Crippen molar-refractivity contribution in [2.24, 2.45) is 0 Å². The van der Waals surface area contributed by atoms with Gasteiger partial charge in [-0.2, -0.15) is 4.98 Å². The number of amides is 1. The van der Waals surface area contributed by atoms with Crippen molar-refractivity contribution in [2.75, 3.05) is 26.2 Å². The fourth-order valence-electron chi connectivity index (χ4n) is 3.66. The number of hydrogen-bond acceptors (Lipinski definition) is 5. The van der Waals surface area contributed by atoms with E-state index >= 15 is 0 Å². The molecular weight excluding hydrogens is 376 g/mol. The molecule has 0 radical (unpaired) electrons. The zero-order valence-electron chi connectivity index (χ0n) is 17.4. The first-order valence-corrected chi connectivity index (χ1v) is 10.3. The van der Waals surface area contributed by atoms with E-state index in [2.05, 4.69) is 22.0 Å². The van der Waals surface area contributed by atoms with Crippen LogP contribution in [0, 0.1) is 0 Å². The molecular formula is C24H26N4O2. The molecule has 1 amide bonds. The first-order chi connectivity index (χ1) is 14.6. The van der Waals surface area contributed by atoms with Crippen LogP contribution in [0.3, 0.4) is 0 Å². The third-order valence-corrected chi connectivity index (χ3v) is 5.57. The lowest BCUT2D eigenvalue weighted by atomic mass is 10.1. The summed E-state index contributed by atoms with van der Waals surface area (Å²) in [6, 6.07) is 19.8. The second-order valence-electron chi connectivity index (χ2n) is 7.55. The SMILES string of the molecule is C/C(=C\C(=O)N1CCN(C(C)c2nc(-c3ccccc3)no2)CC1)c1ccccc1. The molecule has 1 aromatic heterocycles. The summed E-state index contributed by atoms with van der Waals surface area (Å²) in [5.41, 5.74) is 3.00. The maximum Gasteiger partial charge on any atom is 0.246 e. The number of benzene rings is 2. The molecule has 1 unspecified atom stereocenters. The highest BCUT2D eigenvalue weighted by molar-refractivity contribution is 5.94. The van der Waals surface area contributed by atoms with E-state index in [1.165, 1.54) is 0 Å². The molecule has 0 saturated carbocycles. The summed E-state index contributed by atoms with van der Waals surface area (Å²) in [6.07, 6.45) is 1.73. The predicted molar refractivity (Wildman–Crippen MR) is 116 cm³/mol. The van der Waals surface area contributed by atoms with Gasteiger partial charge in [0, 0.05) is 37.8 Å². The number of hydrogen-bond donors (Lipinski definition) is 0. The Bertz CT molecular complexity index is 1010. The Hall–Kier alpha value is -3.25. The quantitative estimate of drug-likeness (QED) is 0.603. The van der Waals surface area contributed by atoms with Crippen LogP contribution in [-0.4, -0.2) is 52.0 Å². The molecule has 4 rings (SSSR count). The van der Waals surface area contributed by atoms with Gasteiger partial charge in [0.15, 0.2) is 0 Å². The first-order valence-electron chi connectivity index (χ1n) is 10.3. The van der Waals surface area contributed by atoms with E-state index in [0.29, 0.717) is 24.8 Å². The third-order valence-electron chi connectivity index (χ3n) is 5.57. The highest BCUT2D eigenvalue weighted by Crippen LogP contribution is 2.23. The average molecular weight is 402 g/mol. The van der Waals surface area contributed by atoms with Crippen LogP contribution in [0.2, 0.25) is 0 Å². The zero-order chi connectivity index (χ0) is 20.9. The Balaban J connectivity index is 1.35. The fourth-order valence-corrected chi connectivity index (χ4v) is 3.66. The minimum absolute atomic E-state index is 0.00816. The van der Waals surface area contributed by atoms with Crippen molar-refractivity contribution in [3.8, 4) is 11.4 Å². The third kappa shape index (κ3) is 4.49. The van der Waals surface area contributed by atoms with Crippen molar-refractivity contribution in [3.63, 3.8) is 0 Å². The van der Waals surface area contributed by atoms with Crippen LogP contribution in [-0.2, 0) is 4.79 Å². The van der Waals surface area contributed by atoms with Gasteiger partial charge in [-0.15, -0.1) is 0 Å². The fraction of sp³-hybridized carbons (Fsp3) is 0.292. The number of aromatic nitrogens is 2. The van der Waals surface area contributed by atoms with Crippen LogP contribution < -0.4 is 0 Å². The van der Waals surface area contributed by atoms with Crippen LogP contribution in [0.1, 0.15) is 31.3 Å². The standard InChI is InChI=1S/C24H26N4O2/c1-18(20-9-5-3-6-10-20)17-22(29)28-15-13-27(14-16-28)19(2)24-25-23(26-30-24)21-11-7-4-8-12-21/h3-12,17,19H,13-16H2,1-2H3/b18-17+. The maximum atomic E-state index is 12.7. The summed E-state index contributed by atoms with van der Waals surface area (Å²) < 4.78 is 5.52. The second kappa shape index (κ2) is 9.05. The molecule has 1 aliphatic rings. The largest absolute Gasteiger partial charge is 0.337 e. The molecule has 2 aromatic carbocycles. The minimum Gasteiger partial charge on any atom is -0.337 e. The van der Waals surface area contributed by atoms with Crippen molar-refractivity contribution in [3.05, 3.63) is 78.2 Å². The van der Waals surface area contributed by atoms with Gasteiger partial charge in [0.25, 0.3) is 0 Å². The Labute approximate surface area is 176 Å². The Morgan fingerprint density at radius 2 is 1.63 bits per heavy atom. The smallest absolute Gasteiger partial charge is 0.246 e. The van der Waals surface area contributed by atoms with E-state index in [0.717, 1.165) is 29.8 Å². The van der Waals surface area contributed by atoms with Gasteiger partial charge >= 0.3 is 0 Å². The average Bonchev–Trinajstić information content (AvgIpc) is 3.30. The van der Waals surface area contributed by atoms with Gasteiger partial charge in [-0.25, -0.2) is 0 Å². The molecule has 1 aliphatic heterocycles. The molecule has 0 spiro atoms. The summed E-state index contributed by atoms with van der Waals surface area (Å²) >= 11 is 0. The summed E-state index contributed by atoms with van der Waals surface area (Å²) in [4.78, 5) is 21.4. The Morgan fingerprint density at radius 1 is 1.00 bits per heavy atom. The van der Waals surface area contributed by atoms with E-state index in [-0.39, 0.29) is 11.9 Å². The van der Waals surface area contributed by atoms with Gasteiger partial charge in [-0.3, -0.25) is 9.69 Å². The molecule has 0 N–H and O–H groups in total. The molecule has 30 heavy (non-hydrogen) atoms. The van der Waals surface area contributed by atoms with E-state index in [1.54, 1.807) is 6.08 Å². The van der Waals surface area contributed by atoms with Gasteiger partial charge in [0.05, 0.1) is 6.04 Å². The van der Waals surface area contributed by atoms with Crippen LogP contribution in [0.25, 0.3) is 17.0 Å². The van der Waals surface area contributed by atoms with Crippen molar-refractivity contribution < 1.29 is 9.32 Å². The van der Waals surface area contributed by atoms with Crippen molar-refractivity contribution in [2.45, 2.75) is 19.9 Å². The highest BCUT2D eigenvalue weighted by Gasteiger charge is 2.27. The second-order valence-corrected chi connectivity index (χ2v) is 7.55. The molecule has 0 aliphatic carbocycles. The topological polar surface area (TPSA) is 62.5 Å². The molecule has 154 valence electrons. The van der Waals surface area contributed by atoms with E-state index in [9.17, 15) is 4.79 Å². The molecule has 1 saturated heterocycles. The number of nitrogens with zero attached hydrogens (tertiary/aromatic N) is 4. The van der Waals surface area contributed by atoms with Gasteiger partial charge in [-0.1, -0.05) is 65.8 Å². The van der Waals surface area contributed by atoms with Crippen molar-refractivity contribution >= 4 is 11.5 Å². The van der Waals surface area contributed by atoms with Crippen molar-refractivity contribution in [1.82, 2.24) is 19.9 Å². The highest BCUT2D eigenvalue weighted by atomic mass is 16.5. The molecule has 0 bridgehead atoms. The monoisotopic (exact) mass is 402 g/mol. The number of carbonyl (C=O) groups is 1. The maximum absolute atomic E-state index is 12.7. The van der Waals surface area contributed by atoms with E-state index in [4.69, 9.17) is 4.52 Å². The van der Waals surface area contributed by atoms with Crippen molar-refractivity contribution in [1.29, 1.82) is 0 Å². The predicted octanol–water partition coefficient (Wildman–Crippen LogP) is 4.05. The molecule has 1 atom stereocenters. The molecule has 1 fully saturated rings. The number of piperazine rings is 1. The summed E-state index contributed by atoms with van der Waals surface area (Å²) in [5, 5.41) is 4.12. The lowest BCUT2D eigenvalue weighted by molar-refractivity contribution is -0.128. The summed E-state index contributed by atoms with van der Waals surface area (Å²) in [5.74, 6) is 1.27. The van der Waals surface area contributed by atoms with E-state index in [1.807, 2.05) is 72.5 Å². The Morgan fingerprint density at radius 3 is 2.30 bits per heavy atom. The number of rotatable bonds is 5. The van der Waals surface area contributed by atoms with Crippen LogP contribution >= 0.6 is 0 Å². The first kappa shape index (κ1) is 20.0. The van der Waals surface area contributed by atoms with Crippen LogP contribution in [0.15, 0.2) is 71.3 Å². The summed E-state index contributed by atoms with van der Waals surface area (Å²) in [7, 11) is 0. The summed E-state index contributed by atoms with van der Waals surface area (Å²) in [6.45, 7) is 6.95. The lowest BCUT2D eigenvalue weighted by Gasteiger charge is -2.36. The lowest BCUT2D eigenvalue weighted by Crippen LogP contribution is -2.48. The molecule has 3 aromatic rings. The minimum atomic E-state index is 0.00816. The van der Waals surface area contributed by atoms with Gasteiger partial charge < -0.3 is 9.42 Å². The van der Waals surface area contributed by atoms with Gasteiger partial charge in [0.1, 0.15) is 0 Å². The normalized spacial score (nSPS) is 16.5. The zero-order valence-corrected chi connectivity index (χ0v) is 17.4. The van der Waals surface area contributed by atoms with Gasteiger partial charge in [-0.05, 0) is 25.0 Å². The number of carbonyl (C=O) groups excluding carboxylic acids is 1.